The van der Waals surface area contributed by atoms with Gasteiger partial charge in [-0.1, -0.05) is 12.1 Å². The summed E-state index contributed by atoms with van der Waals surface area (Å²) in [4.78, 5) is 22.5. The Morgan fingerprint density at radius 3 is 1.76 bits per heavy atom. The molecular formula is C25H40O9. The molecule has 0 spiro atoms. The maximum atomic E-state index is 11.5. The highest BCUT2D eigenvalue weighted by Crippen LogP contribution is 2.08. The van der Waals surface area contributed by atoms with Gasteiger partial charge in [0.25, 0.3) is 0 Å². The lowest BCUT2D eigenvalue weighted by Crippen LogP contribution is -2.24. The first-order valence-electron chi connectivity index (χ1n) is 11.7. The number of ether oxygens (including phenoxy) is 6. The van der Waals surface area contributed by atoms with Crippen LogP contribution in [0.3, 0.4) is 0 Å². The minimum Gasteiger partial charge on any atom is -0.478 e. The van der Waals surface area contributed by atoms with Crippen molar-refractivity contribution in [3.63, 3.8) is 0 Å². The van der Waals surface area contributed by atoms with Gasteiger partial charge < -0.3 is 33.5 Å². The van der Waals surface area contributed by atoms with Gasteiger partial charge in [0, 0.05) is 6.61 Å². The summed E-state index contributed by atoms with van der Waals surface area (Å²) in [5, 5.41) is 9.00. The van der Waals surface area contributed by atoms with Crippen LogP contribution in [0.5, 0.6) is 0 Å². The number of aromatic carboxylic acids is 1. The molecule has 0 saturated carbocycles. The second-order valence-corrected chi connectivity index (χ2v) is 8.51. The second-order valence-electron chi connectivity index (χ2n) is 8.51. The molecule has 0 aliphatic carbocycles. The van der Waals surface area contributed by atoms with E-state index in [-0.39, 0.29) is 12.4 Å². The fraction of sp³-hybridized carbons (Fsp3) is 0.680. The van der Waals surface area contributed by atoms with Gasteiger partial charge in [-0.05, 0) is 51.3 Å². The molecule has 194 valence electrons. The average Bonchev–Trinajstić information content (AvgIpc) is 2.77. The zero-order chi connectivity index (χ0) is 25.1. The lowest BCUT2D eigenvalue weighted by molar-refractivity contribution is -0.156. The summed E-state index contributed by atoms with van der Waals surface area (Å²) in [6.07, 6.45) is 1.82. The van der Waals surface area contributed by atoms with Crippen LogP contribution in [0.15, 0.2) is 24.3 Å². The van der Waals surface area contributed by atoms with Crippen molar-refractivity contribution >= 4 is 11.9 Å². The minimum atomic E-state index is -0.912. The lowest BCUT2D eigenvalue weighted by atomic mass is 10.1. The molecule has 0 amide bonds. The molecular weight excluding hydrogens is 444 g/mol. The summed E-state index contributed by atoms with van der Waals surface area (Å²) in [6, 6.07) is 6.96. The SMILES string of the molecule is CC(C)(C)OC(=O)CCOCCOCCOCCOCCOCCCc1cccc(C(=O)O)c1. The largest absolute Gasteiger partial charge is 0.478 e. The fourth-order valence-electron chi connectivity index (χ4n) is 2.77. The first kappa shape index (κ1) is 30.0. The topological polar surface area (TPSA) is 110 Å². The average molecular weight is 485 g/mol. The van der Waals surface area contributed by atoms with Gasteiger partial charge in [0.2, 0.25) is 0 Å². The van der Waals surface area contributed by atoms with E-state index in [1.54, 1.807) is 18.2 Å². The summed E-state index contributed by atoms with van der Waals surface area (Å²) >= 11 is 0. The van der Waals surface area contributed by atoms with E-state index < -0.39 is 11.6 Å². The van der Waals surface area contributed by atoms with Crippen LogP contribution in [0.1, 0.15) is 49.5 Å². The van der Waals surface area contributed by atoms with Crippen LogP contribution in [-0.4, -0.2) is 88.7 Å². The van der Waals surface area contributed by atoms with Crippen LogP contribution in [0.4, 0.5) is 0 Å². The molecule has 1 rings (SSSR count). The van der Waals surface area contributed by atoms with Gasteiger partial charge in [-0.2, -0.15) is 0 Å². The lowest BCUT2D eigenvalue weighted by Gasteiger charge is -2.19. The number of carboxylic acids is 1. The van der Waals surface area contributed by atoms with E-state index in [4.69, 9.17) is 33.5 Å². The zero-order valence-electron chi connectivity index (χ0n) is 20.7. The second kappa shape index (κ2) is 18.3. The maximum Gasteiger partial charge on any atom is 0.335 e. The predicted molar refractivity (Wildman–Crippen MR) is 126 cm³/mol. The van der Waals surface area contributed by atoms with Crippen molar-refractivity contribution in [3.8, 4) is 0 Å². The highest BCUT2D eigenvalue weighted by molar-refractivity contribution is 5.87. The number of hydrogen-bond donors (Lipinski definition) is 1. The molecule has 0 aliphatic rings. The van der Waals surface area contributed by atoms with Crippen molar-refractivity contribution in [1.29, 1.82) is 0 Å². The van der Waals surface area contributed by atoms with Gasteiger partial charge in [0.05, 0.1) is 71.4 Å². The Morgan fingerprint density at radius 2 is 1.26 bits per heavy atom. The van der Waals surface area contributed by atoms with Crippen molar-refractivity contribution in [1.82, 2.24) is 0 Å². The summed E-state index contributed by atoms with van der Waals surface area (Å²) in [6.45, 7) is 10.2. The Hall–Kier alpha value is -2.04. The molecule has 34 heavy (non-hydrogen) atoms. The number of carbonyl (C=O) groups is 2. The van der Waals surface area contributed by atoms with Crippen molar-refractivity contribution in [2.75, 3.05) is 66.1 Å². The smallest absolute Gasteiger partial charge is 0.335 e. The molecule has 0 aliphatic heterocycles. The van der Waals surface area contributed by atoms with Crippen LogP contribution in [0, 0.1) is 0 Å². The first-order valence-corrected chi connectivity index (χ1v) is 11.7. The van der Waals surface area contributed by atoms with Crippen LogP contribution >= 0.6 is 0 Å². The van der Waals surface area contributed by atoms with Gasteiger partial charge >= 0.3 is 11.9 Å². The number of hydrogen-bond acceptors (Lipinski definition) is 8. The number of esters is 1. The predicted octanol–water partition coefficient (Wildman–Crippen LogP) is 3.13. The number of rotatable bonds is 20. The molecule has 0 aromatic heterocycles. The minimum absolute atomic E-state index is 0.231. The molecule has 0 bridgehead atoms. The maximum absolute atomic E-state index is 11.5. The van der Waals surface area contributed by atoms with Crippen LogP contribution in [-0.2, 0) is 39.6 Å². The van der Waals surface area contributed by atoms with E-state index in [1.807, 2.05) is 26.8 Å². The molecule has 0 heterocycles. The van der Waals surface area contributed by atoms with Gasteiger partial charge in [-0.25, -0.2) is 4.79 Å². The van der Waals surface area contributed by atoms with Crippen molar-refractivity contribution < 1.29 is 43.1 Å². The van der Waals surface area contributed by atoms with Crippen molar-refractivity contribution in [3.05, 3.63) is 35.4 Å². The van der Waals surface area contributed by atoms with E-state index in [2.05, 4.69) is 0 Å². The Kier molecular flexibility index (Phi) is 16.1. The zero-order valence-corrected chi connectivity index (χ0v) is 20.7. The van der Waals surface area contributed by atoms with Crippen LogP contribution in [0.2, 0.25) is 0 Å². The highest BCUT2D eigenvalue weighted by Gasteiger charge is 2.15. The summed E-state index contributed by atoms with van der Waals surface area (Å²) in [5.41, 5.74) is 0.827. The highest BCUT2D eigenvalue weighted by atomic mass is 16.6. The summed E-state index contributed by atoms with van der Waals surface area (Å²) in [5.74, 6) is -1.18. The van der Waals surface area contributed by atoms with Crippen molar-refractivity contribution in [2.24, 2.45) is 0 Å². The van der Waals surface area contributed by atoms with Gasteiger partial charge in [0.15, 0.2) is 0 Å². The number of carboxylic acid groups (broad SMARTS) is 1. The van der Waals surface area contributed by atoms with Gasteiger partial charge in [0.1, 0.15) is 5.60 Å². The number of benzene rings is 1. The molecule has 1 aromatic carbocycles. The van der Waals surface area contributed by atoms with E-state index in [9.17, 15) is 9.59 Å². The van der Waals surface area contributed by atoms with Crippen LogP contribution in [0.25, 0.3) is 0 Å². The molecule has 9 heteroatoms. The third-order valence-corrected chi connectivity index (χ3v) is 4.29. The summed E-state index contributed by atoms with van der Waals surface area (Å²) < 4.78 is 32.3. The Morgan fingerprint density at radius 1 is 0.765 bits per heavy atom. The Bertz CT molecular complexity index is 685. The van der Waals surface area contributed by atoms with E-state index in [1.165, 1.54) is 0 Å². The van der Waals surface area contributed by atoms with Crippen molar-refractivity contribution in [2.45, 2.75) is 45.6 Å². The molecule has 0 radical (unpaired) electrons. The molecule has 1 aromatic rings. The molecule has 0 unspecified atom stereocenters. The van der Waals surface area contributed by atoms with E-state index in [0.29, 0.717) is 71.6 Å². The molecule has 0 fully saturated rings. The molecule has 0 saturated heterocycles. The number of carbonyl (C=O) groups excluding carboxylic acids is 1. The van der Waals surface area contributed by atoms with E-state index in [0.717, 1.165) is 18.4 Å². The van der Waals surface area contributed by atoms with E-state index >= 15 is 0 Å². The third-order valence-electron chi connectivity index (χ3n) is 4.29. The van der Waals surface area contributed by atoms with Gasteiger partial charge in [-0.3, -0.25) is 4.79 Å². The fourth-order valence-corrected chi connectivity index (χ4v) is 2.77. The quantitative estimate of drug-likeness (QED) is 0.220. The molecule has 9 nitrogen and oxygen atoms in total. The Labute approximate surface area is 202 Å². The third kappa shape index (κ3) is 17.4. The normalized spacial score (nSPS) is 11.5. The standard InChI is InChI=1S/C25H40O9/c1-25(2,3)34-23(26)9-11-30-13-15-32-17-19-33-18-16-31-14-12-29-10-5-7-21-6-4-8-22(20-21)24(27)28/h4,6,8,20H,5,7,9-19H2,1-3H3,(H,27,28). The van der Waals surface area contributed by atoms with Gasteiger partial charge in [-0.15, -0.1) is 0 Å². The summed E-state index contributed by atoms with van der Waals surface area (Å²) in [7, 11) is 0. The number of aryl methyl sites for hydroxylation is 1. The first-order chi connectivity index (χ1) is 16.3. The molecule has 1 N–H and O–H groups in total. The monoisotopic (exact) mass is 484 g/mol. The molecule has 0 atom stereocenters. The Balaban J connectivity index is 1.79. The van der Waals surface area contributed by atoms with Crippen LogP contribution < -0.4 is 0 Å².